The number of hydrogen-bond donors (Lipinski definition) is 1. The molecule has 2 aliphatic rings. The molecule has 1 unspecified atom stereocenters. The van der Waals surface area contributed by atoms with Gasteiger partial charge < -0.3 is 5.11 Å². The molecule has 1 aliphatic carbocycles. The van der Waals surface area contributed by atoms with Crippen molar-refractivity contribution >= 4 is 34.9 Å². The van der Waals surface area contributed by atoms with Crippen molar-refractivity contribution in [2.45, 2.75) is 39.5 Å². The maximum atomic E-state index is 11.7. The van der Waals surface area contributed by atoms with Gasteiger partial charge in [-0.05, 0) is 80.0 Å². The Hall–Kier alpha value is -2.36. The Morgan fingerprint density at radius 3 is 2.73 bits per heavy atom. The van der Waals surface area contributed by atoms with Crippen LogP contribution in [-0.4, -0.2) is 16.8 Å². The summed E-state index contributed by atoms with van der Waals surface area (Å²) >= 11 is 12.5. The second-order valence-electron chi connectivity index (χ2n) is 7.71. The lowest BCUT2D eigenvalue weighted by molar-refractivity contribution is -0.132. The minimum Gasteiger partial charge on any atom is -0.478 e. The molecule has 0 bridgehead atoms. The van der Waals surface area contributed by atoms with E-state index in [0.29, 0.717) is 34.2 Å². The van der Waals surface area contributed by atoms with Crippen LogP contribution in [0.25, 0.3) is 0 Å². The zero-order chi connectivity index (χ0) is 21.8. The topological polar surface area (TPSA) is 49.7 Å². The number of aliphatic imine (C=N–C) groups is 1. The first-order valence-electron chi connectivity index (χ1n) is 9.98. The first kappa shape index (κ1) is 22.3. The van der Waals surface area contributed by atoms with Gasteiger partial charge in [0.2, 0.25) is 0 Å². The third-order valence-corrected chi connectivity index (χ3v) is 6.27. The molecule has 0 radical (unpaired) electrons. The predicted molar refractivity (Wildman–Crippen MR) is 125 cm³/mol. The fourth-order valence-corrected chi connectivity index (χ4v) is 4.16. The molecule has 1 aromatic rings. The SMILES string of the molecule is C=C1C=CC(C2=NC(C)=C(C(=O)O)CCC2CCc2cc(Cl)ccc2Cl)=CC=C1C. The Balaban J connectivity index is 1.96. The van der Waals surface area contributed by atoms with Crippen molar-refractivity contribution in [2.24, 2.45) is 10.9 Å². The summed E-state index contributed by atoms with van der Waals surface area (Å²) in [6.45, 7) is 7.87. The van der Waals surface area contributed by atoms with Crippen LogP contribution >= 0.6 is 23.2 Å². The summed E-state index contributed by atoms with van der Waals surface area (Å²) in [5.74, 6) is -0.800. The van der Waals surface area contributed by atoms with Crippen LogP contribution in [0.4, 0.5) is 0 Å². The number of aryl methyl sites for hydroxylation is 1. The number of hydrogen-bond acceptors (Lipinski definition) is 2. The summed E-state index contributed by atoms with van der Waals surface area (Å²) in [7, 11) is 0. The first-order valence-corrected chi connectivity index (χ1v) is 10.7. The summed E-state index contributed by atoms with van der Waals surface area (Å²) in [5.41, 5.74) is 5.89. The van der Waals surface area contributed by atoms with Gasteiger partial charge in [-0.1, -0.05) is 54.1 Å². The number of aliphatic carboxylic acids is 1. The molecule has 1 aromatic carbocycles. The molecule has 156 valence electrons. The van der Waals surface area contributed by atoms with Crippen molar-refractivity contribution in [1.82, 2.24) is 0 Å². The minimum absolute atomic E-state index is 0.0998. The molecular formula is C25H25Cl2NO2. The molecule has 0 spiro atoms. The smallest absolute Gasteiger partial charge is 0.333 e. The van der Waals surface area contributed by atoms with Crippen molar-refractivity contribution in [3.63, 3.8) is 0 Å². The van der Waals surface area contributed by atoms with Gasteiger partial charge in [-0.3, -0.25) is 4.99 Å². The summed E-state index contributed by atoms with van der Waals surface area (Å²) < 4.78 is 0. The Labute approximate surface area is 187 Å². The molecule has 0 saturated heterocycles. The van der Waals surface area contributed by atoms with E-state index < -0.39 is 5.97 Å². The molecule has 5 heteroatoms. The van der Waals surface area contributed by atoms with E-state index in [1.807, 2.05) is 43.4 Å². The molecular weight excluding hydrogens is 417 g/mol. The number of carboxylic acid groups (broad SMARTS) is 1. The average Bonchev–Trinajstić information content (AvgIpc) is 2.97. The molecule has 3 rings (SSSR count). The summed E-state index contributed by atoms with van der Waals surface area (Å²) in [6, 6.07) is 5.48. The average molecular weight is 442 g/mol. The minimum atomic E-state index is -0.899. The molecule has 30 heavy (non-hydrogen) atoms. The third kappa shape index (κ3) is 5.21. The molecule has 1 atom stereocenters. The van der Waals surface area contributed by atoms with Crippen LogP contribution in [0.3, 0.4) is 0 Å². The lowest BCUT2D eigenvalue weighted by atomic mass is 9.86. The number of benzene rings is 1. The van der Waals surface area contributed by atoms with E-state index in [1.165, 1.54) is 0 Å². The number of carboxylic acids is 1. The van der Waals surface area contributed by atoms with Gasteiger partial charge in [0.15, 0.2) is 0 Å². The normalized spacial score (nSPS) is 19.7. The Bertz CT molecular complexity index is 1040. The van der Waals surface area contributed by atoms with Crippen LogP contribution in [0.2, 0.25) is 10.0 Å². The fraction of sp³-hybridized carbons (Fsp3) is 0.280. The Kier molecular flexibility index (Phi) is 7.17. The summed E-state index contributed by atoms with van der Waals surface area (Å²) in [4.78, 5) is 16.5. The summed E-state index contributed by atoms with van der Waals surface area (Å²) in [6.07, 6.45) is 10.8. The lowest BCUT2D eigenvalue weighted by Gasteiger charge is -2.19. The van der Waals surface area contributed by atoms with Crippen LogP contribution in [0.15, 0.2) is 82.1 Å². The maximum Gasteiger partial charge on any atom is 0.333 e. The van der Waals surface area contributed by atoms with Crippen molar-refractivity contribution < 1.29 is 9.90 Å². The standard InChI is InChI=1S/C25H25Cl2NO2/c1-15-4-6-18(7-5-16(15)2)24-19(10-12-22(25(29)30)17(3)28-24)8-9-20-14-21(26)11-13-23(20)27/h4-7,11,13-14,19H,1,8-10,12H2,2-3H3,(H,29,30). The highest BCUT2D eigenvalue weighted by atomic mass is 35.5. The Morgan fingerprint density at radius 2 is 2.00 bits per heavy atom. The van der Waals surface area contributed by atoms with E-state index in [4.69, 9.17) is 28.2 Å². The van der Waals surface area contributed by atoms with E-state index in [9.17, 15) is 9.90 Å². The van der Waals surface area contributed by atoms with E-state index in [2.05, 4.69) is 6.58 Å². The number of nitrogens with zero attached hydrogens (tertiary/aromatic N) is 1. The van der Waals surface area contributed by atoms with Gasteiger partial charge >= 0.3 is 5.97 Å². The van der Waals surface area contributed by atoms with Crippen LogP contribution in [0.1, 0.15) is 38.7 Å². The number of rotatable bonds is 5. The summed E-state index contributed by atoms with van der Waals surface area (Å²) in [5, 5.41) is 10.9. The van der Waals surface area contributed by atoms with Gasteiger partial charge in [-0.2, -0.15) is 0 Å². The van der Waals surface area contributed by atoms with Gasteiger partial charge in [0.25, 0.3) is 0 Å². The molecule has 0 fully saturated rings. The monoisotopic (exact) mass is 441 g/mol. The number of halogens is 2. The van der Waals surface area contributed by atoms with Crippen LogP contribution in [-0.2, 0) is 11.2 Å². The van der Waals surface area contributed by atoms with Crippen molar-refractivity contribution in [2.75, 3.05) is 0 Å². The van der Waals surface area contributed by atoms with Crippen molar-refractivity contribution in [3.8, 4) is 0 Å². The van der Waals surface area contributed by atoms with Crippen molar-refractivity contribution in [1.29, 1.82) is 0 Å². The highest BCUT2D eigenvalue weighted by molar-refractivity contribution is 6.33. The van der Waals surface area contributed by atoms with Gasteiger partial charge in [-0.25, -0.2) is 4.79 Å². The number of carbonyl (C=O) groups is 1. The van der Waals surface area contributed by atoms with Gasteiger partial charge in [0, 0.05) is 21.7 Å². The van der Waals surface area contributed by atoms with Crippen LogP contribution in [0.5, 0.6) is 0 Å². The molecule has 1 aliphatic heterocycles. The zero-order valence-electron chi connectivity index (χ0n) is 17.2. The van der Waals surface area contributed by atoms with Crippen molar-refractivity contribution in [3.05, 3.63) is 92.7 Å². The molecule has 0 amide bonds. The first-order chi connectivity index (χ1) is 14.3. The van der Waals surface area contributed by atoms with Gasteiger partial charge in [0.1, 0.15) is 0 Å². The van der Waals surface area contributed by atoms with E-state index in [1.54, 1.807) is 13.0 Å². The second kappa shape index (κ2) is 9.63. The highest BCUT2D eigenvalue weighted by Gasteiger charge is 2.25. The molecule has 0 aromatic heterocycles. The quantitative estimate of drug-likeness (QED) is 0.527. The van der Waals surface area contributed by atoms with Gasteiger partial charge in [-0.15, -0.1) is 0 Å². The number of allylic oxidation sites excluding steroid dienone is 8. The van der Waals surface area contributed by atoms with Gasteiger partial charge in [0.05, 0.1) is 11.3 Å². The zero-order valence-corrected chi connectivity index (χ0v) is 18.7. The maximum absolute atomic E-state index is 11.7. The molecule has 0 saturated carbocycles. The third-order valence-electron chi connectivity index (χ3n) is 5.66. The van der Waals surface area contributed by atoms with Crippen LogP contribution < -0.4 is 0 Å². The van der Waals surface area contributed by atoms with E-state index in [-0.39, 0.29) is 5.92 Å². The largest absolute Gasteiger partial charge is 0.478 e. The molecule has 3 nitrogen and oxygen atoms in total. The highest BCUT2D eigenvalue weighted by Crippen LogP contribution is 2.32. The predicted octanol–water partition coefficient (Wildman–Crippen LogP) is 7.13. The Morgan fingerprint density at radius 1 is 1.23 bits per heavy atom. The molecule has 1 N–H and O–H groups in total. The van der Waals surface area contributed by atoms with E-state index >= 15 is 0 Å². The van der Waals surface area contributed by atoms with Crippen LogP contribution in [0, 0.1) is 5.92 Å². The van der Waals surface area contributed by atoms with E-state index in [0.717, 1.165) is 40.8 Å². The molecule has 1 heterocycles. The second-order valence-corrected chi connectivity index (χ2v) is 8.55. The lowest BCUT2D eigenvalue weighted by Crippen LogP contribution is -2.17. The fourth-order valence-electron chi connectivity index (χ4n) is 3.75.